The molecule has 132 valence electrons. The van der Waals surface area contributed by atoms with Crippen molar-refractivity contribution in [1.82, 2.24) is 0 Å². The van der Waals surface area contributed by atoms with E-state index in [4.69, 9.17) is 14.2 Å². The molecule has 0 fully saturated rings. The first kappa shape index (κ1) is 19.3. The van der Waals surface area contributed by atoms with Gasteiger partial charge in [-0.15, -0.1) is 0 Å². The van der Waals surface area contributed by atoms with Crippen LogP contribution in [0.4, 0.5) is 0 Å². The fourth-order valence-electron chi connectivity index (χ4n) is 2.22. The van der Waals surface area contributed by atoms with Crippen molar-refractivity contribution in [2.24, 2.45) is 0 Å². The molecule has 23 heavy (non-hydrogen) atoms. The SMILES string of the molecule is CCCOc1c(O)c(O)c(CCC)c(OCCC)c1OCCC. The molecule has 2 N–H and O–H groups in total. The van der Waals surface area contributed by atoms with Gasteiger partial charge in [-0.25, -0.2) is 0 Å². The lowest BCUT2D eigenvalue weighted by Crippen LogP contribution is -2.08. The summed E-state index contributed by atoms with van der Waals surface area (Å²) in [6, 6.07) is 0. The lowest BCUT2D eigenvalue weighted by atomic mass is 10.0. The summed E-state index contributed by atoms with van der Waals surface area (Å²) in [7, 11) is 0. The maximum absolute atomic E-state index is 10.4. The second kappa shape index (κ2) is 10.1. The molecule has 0 bridgehead atoms. The topological polar surface area (TPSA) is 68.2 Å². The van der Waals surface area contributed by atoms with Gasteiger partial charge in [0, 0.05) is 5.56 Å². The Hall–Kier alpha value is -1.78. The highest BCUT2D eigenvalue weighted by atomic mass is 16.5. The molecule has 5 nitrogen and oxygen atoms in total. The predicted octanol–water partition coefficient (Wildman–Crippen LogP) is 4.42. The van der Waals surface area contributed by atoms with Crippen molar-refractivity contribution in [3.05, 3.63) is 5.56 Å². The lowest BCUT2D eigenvalue weighted by molar-refractivity contribution is 0.230. The monoisotopic (exact) mass is 326 g/mol. The van der Waals surface area contributed by atoms with Gasteiger partial charge in [0.1, 0.15) is 0 Å². The molecule has 0 aliphatic rings. The molecule has 0 aliphatic heterocycles. The lowest BCUT2D eigenvalue weighted by Gasteiger charge is -2.21. The van der Waals surface area contributed by atoms with E-state index in [-0.39, 0.29) is 17.2 Å². The summed E-state index contributed by atoms with van der Waals surface area (Å²) in [4.78, 5) is 0. The molecule has 1 aromatic rings. The summed E-state index contributed by atoms with van der Waals surface area (Å²) in [5.41, 5.74) is 0.577. The van der Waals surface area contributed by atoms with E-state index in [1.165, 1.54) is 0 Å². The highest BCUT2D eigenvalue weighted by Gasteiger charge is 2.27. The number of benzene rings is 1. The normalized spacial score (nSPS) is 10.6. The van der Waals surface area contributed by atoms with Gasteiger partial charge in [0.15, 0.2) is 11.5 Å². The molecule has 0 heterocycles. The Morgan fingerprint density at radius 3 is 1.57 bits per heavy atom. The zero-order chi connectivity index (χ0) is 17.2. The third kappa shape index (κ3) is 4.85. The Morgan fingerprint density at radius 2 is 1.09 bits per heavy atom. The van der Waals surface area contributed by atoms with E-state index in [1.54, 1.807) is 0 Å². The molecule has 0 saturated carbocycles. The Bertz CT molecular complexity index is 485. The van der Waals surface area contributed by atoms with Gasteiger partial charge in [-0.3, -0.25) is 0 Å². The number of hydrogen-bond donors (Lipinski definition) is 2. The number of hydrogen-bond acceptors (Lipinski definition) is 5. The van der Waals surface area contributed by atoms with Crippen LogP contribution < -0.4 is 14.2 Å². The summed E-state index contributed by atoms with van der Waals surface area (Å²) in [5.74, 6) is 0.615. The third-order valence-corrected chi connectivity index (χ3v) is 3.26. The summed E-state index contributed by atoms with van der Waals surface area (Å²) in [6.07, 6.45) is 3.86. The molecule has 0 atom stereocenters. The first-order valence-corrected chi connectivity index (χ1v) is 8.61. The average molecular weight is 326 g/mol. The molecule has 0 saturated heterocycles. The molecule has 1 aromatic carbocycles. The Kier molecular flexibility index (Phi) is 8.45. The van der Waals surface area contributed by atoms with E-state index in [0.29, 0.717) is 43.3 Å². The van der Waals surface area contributed by atoms with Crippen molar-refractivity contribution in [3.63, 3.8) is 0 Å². The quantitative estimate of drug-likeness (QED) is 0.589. The van der Waals surface area contributed by atoms with Crippen LogP contribution in [0.2, 0.25) is 0 Å². The first-order valence-electron chi connectivity index (χ1n) is 8.61. The van der Waals surface area contributed by atoms with Crippen LogP contribution >= 0.6 is 0 Å². The minimum absolute atomic E-state index is 0.170. The predicted molar refractivity (Wildman–Crippen MR) is 91.1 cm³/mol. The van der Waals surface area contributed by atoms with Gasteiger partial charge in [-0.2, -0.15) is 0 Å². The molecule has 0 amide bonds. The van der Waals surface area contributed by atoms with E-state index in [0.717, 1.165) is 25.7 Å². The van der Waals surface area contributed by atoms with Gasteiger partial charge in [0.2, 0.25) is 17.2 Å². The van der Waals surface area contributed by atoms with E-state index in [2.05, 4.69) is 0 Å². The summed E-state index contributed by atoms with van der Waals surface area (Å²) >= 11 is 0. The second-order valence-electron chi connectivity index (χ2n) is 5.46. The number of phenols is 2. The Labute approximate surface area is 139 Å². The first-order chi connectivity index (χ1) is 11.1. The van der Waals surface area contributed by atoms with E-state index in [1.807, 2.05) is 27.7 Å². The number of rotatable bonds is 11. The van der Waals surface area contributed by atoms with Crippen molar-refractivity contribution in [2.45, 2.75) is 59.8 Å². The molecular weight excluding hydrogens is 296 g/mol. The number of aromatic hydroxyl groups is 2. The van der Waals surface area contributed by atoms with Crippen molar-refractivity contribution >= 4 is 0 Å². The Morgan fingerprint density at radius 1 is 0.609 bits per heavy atom. The van der Waals surface area contributed by atoms with Crippen LogP contribution in [0, 0.1) is 0 Å². The van der Waals surface area contributed by atoms with E-state index < -0.39 is 0 Å². The second-order valence-corrected chi connectivity index (χ2v) is 5.46. The van der Waals surface area contributed by atoms with Gasteiger partial charge < -0.3 is 24.4 Å². The largest absolute Gasteiger partial charge is 0.504 e. The van der Waals surface area contributed by atoms with Crippen molar-refractivity contribution in [3.8, 4) is 28.7 Å². The Balaban J connectivity index is 3.44. The molecule has 5 heteroatoms. The zero-order valence-corrected chi connectivity index (χ0v) is 14.8. The maximum atomic E-state index is 10.4. The van der Waals surface area contributed by atoms with Crippen molar-refractivity contribution in [2.75, 3.05) is 19.8 Å². The molecule has 0 radical (unpaired) electrons. The van der Waals surface area contributed by atoms with Crippen LogP contribution in [0.1, 0.15) is 58.9 Å². The van der Waals surface area contributed by atoms with Gasteiger partial charge >= 0.3 is 0 Å². The highest BCUT2D eigenvalue weighted by molar-refractivity contribution is 5.69. The average Bonchev–Trinajstić information content (AvgIpc) is 2.56. The number of phenolic OH excluding ortho intramolecular Hbond substituents is 2. The summed E-state index contributed by atoms with van der Waals surface area (Å²) in [5, 5.41) is 20.7. The van der Waals surface area contributed by atoms with Crippen LogP contribution in [-0.2, 0) is 6.42 Å². The third-order valence-electron chi connectivity index (χ3n) is 3.26. The minimum Gasteiger partial charge on any atom is -0.504 e. The van der Waals surface area contributed by atoms with Crippen LogP contribution in [0.25, 0.3) is 0 Å². The van der Waals surface area contributed by atoms with E-state index in [9.17, 15) is 10.2 Å². The van der Waals surface area contributed by atoms with Crippen LogP contribution in [0.3, 0.4) is 0 Å². The van der Waals surface area contributed by atoms with Gasteiger partial charge in [0.05, 0.1) is 19.8 Å². The highest BCUT2D eigenvalue weighted by Crippen LogP contribution is 2.53. The summed E-state index contributed by atoms with van der Waals surface area (Å²) in [6.45, 7) is 9.43. The fraction of sp³-hybridized carbons (Fsp3) is 0.667. The molecule has 0 aliphatic carbocycles. The molecule has 0 aromatic heterocycles. The van der Waals surface area contributed by atoms with Crippen molar-refractivity contribution < 1.29 is 24.4 Å². The summed E-state index contributed by atoms with van der Waals surface area (Å²) < 4.78 is 17.3. The number of ether oxygens (including phenoxy) is 3. The van der Waals surface area contributed by atoms with Crippen LogP contribution in [-0.4, -0.2) is 30.0 Å². The van der Waals surface area contributed by atoms with Crippen molar-refractivity contribution in [1.29, 1.82) is 0 Å². The van der Waals surface area contributed by atoms with Crippen LogP contribution in [0.15, 0.2) is 0 Å². The molecular formula is C18H30O5. The standard InChI is InChI=1S/C18H30O5/c1-5-9-13-14(19)15(20)17(22-11-7-3)18(23-12-8-4)16(13)21-10-6-2/h19-20H,5-12H2,1-4H3. The van der Waals surface area contributed by atoms with Gasteiger partial charge in [0.25, 0.3) is 0 Å². The van der Waals surface area contributed by atoms with Gasteiger partial charge in [-0.1, -0.05) is 34.1 Å². The van der Waals surface area contributed by atoms with Crippen LogP contribution in [0.5, 0.6) is 28.7 Å². The molecule has 0 spiro atoms. The molecule has 0 unspecified atom stereocenters. The maximum Gasteiger partial charge on any atom is 0.211 e. The molecule has 1 rings (SSSR count). The zero-order valence-electron chi connectivity index (χ0n) is 14.8. The fourth-order valence-corrected chi connectivity index (χ4v) is 2.22. The van der Waals surface area contributed by atoms with E-state index >= 15 is 0 Å². The van der Waals surface area contributed by atoms with Gasteiger partial charge in [-0.05, 0) is 25.7 Å². The smallest absolute Gasteiger partial charge is 0.211 e. The minimum atomic E-state index is -0.267.